The normalized spacial score (nSPS) is 12.2. The average Bonchev–Trinajstić information content (AvgIpc) is 2.16. The van der Waals surface area contributed by atoms with Crippen LogP contribution in [0.5, 0.6) is 5.75 Å². The summed E-state index contributed by atoms with van der Waals surface area (Å²) in [7, 11) is 0. The molecule has 0 unspecified atom stereocenters. The van der Waals surface area contributed by atoms with Crippen LogP contribution in [0.4, 0.5) is 0 Å². The van der Waals surface area contributed by atoms with Crippen molar-refractivity contribution in [3.05, 3.63) is 29.3 Å². The highest BCUT2D eigenvalue weighted by atomic mass is 16.5. The molecule has 0 aliphatic rings. The Balaban J connectivity index is 2.76. The number of ether oxygens (including phenoxy) is 1. The maximum atomic E-state index is 10.6. The highest BCUT2D eigenvalue weighted by Gasteiger charge is 2.08. The molecule has 0 saturated carbocycles. The number of aryl methyl sites for hydroxylation is 1. The lowest BCUT2D eigenvalue weighted by molar-refractivity contribution is -0.118. The third-order valence-corrected chi connectivity index (χ3v) is 2.27. The molecule has 1 rings (SSSR count). The largest absolute Gasteiger partial charge is 0.493 e. The van der Waals surface area contributed by atoms with Crippen molar-refractivity contribution < 1.29 is 9.53 Å². The van der Waals surface area contributed by atoms with E-state index in [9.17, 15) is 4.79 Å². The Morgan fingerprint density at radius 2 is 2.19 bits per heavy atom. The Morgan fingerprint density at radius 1 is 1.50 bits per heavy atom. The molecule has 0 saturated heterocycles. The Labute approximate surface area is 95.6 Å². The van der Waals surface area contributed by atoms with Crippen molar-refractivity contribution in [2.75, 3.05) is 6.61 Å². The molecule has 4 N–H and O–H groups in total. The number of primary amides is 1. The van der Waals surface area contributed by atoms with Gasteiger partial charge >= 0.3 is 0 Å². The topological polar surface area (TPSA) is 78.3 Å². The van der Waals surface area contributed by atoms with Gasteiger partial charge in [-0.3, -0.25) is 4.79 Å². The molecule has 0 fully saturated rings. The van der Waals surface area contributed by atoms with Crippen LogP contribution in [0.3, 0.4) is 0 Å². The minimum absolute atomic E-state index is 0.0934. The van der Waals surface area contributed by atoms with Gasteiger partial charge in [0, 0.05) is 11.6 Å². The molecule has 0 bridgehead atoms. The lowest BCUT2D eigenvalue weighted by atomic mass is 10.1. The van der Waals surface area contributed by atoms with Crippen LogP contribution in [0.1, 0.15) is 30.5 Å². The van der Waals surface area contributed by atoms with E-state index < -0.39 is 0 Å². The van der Waals surface area contributed by atoms with E-state index in [0.29, 0.717) is 6.61 Å². The number of benzene rings is 1. The van der Waals surface area contributed by atoms with Crippen molar-refractivity contribution in [2.45, 2.75) is 26.3 Å². The number of carbonyl (C=O) groups excluding carboxylic acids is 1. The summed E-state index contributed by atoms with van der Waals surface area (Å²) in [4.78, 5) is 10.6. The number of hydrogen-bond acceptors (Lipinski definition) is 3. The molecule has 16 heavy (non-hydrogen) atoms. The zero-order valence-electron chi connectivity index (χ0n) is 9.69. The summed E-state index contributed by atoms with van der Waals surface area (Å²) in [6.07, 6.45) is 0.215. The van der Waals surface area contributed by atoms with Gasteiger partial charge in [-0.2, -0.15) is 0 Å². The second-order valence-corrected chi connectivity index (χ2v) is 3.89. The van der Waals surface area contributed by atoms with Gasteiger partial charge in [0.05, 0.1) is 13.0 Å². The second-order valence-electron chi connectivity index (χ2n) is 3.89. The third kappa shape index (κ3) is 3.55. The summed E-state index contributed by atoms with van der Waals surface area (Å²) in [5.41, 5.74) is 12.9. The van der Waals surface area contributed by atoms with Crippen LogP contribution in [0, 0.1) is 6.92 Å². The van der Waals surface area contributed by atoms with Crippen molar-refractivity contribution in [1.29, 1.82) is 0 Å². The third-order valence-electron chi connectivity index (χ3n) is 2.27. The maximum Gasteiger partial charge on any atom is 0.220 e. The quantitative estimate of drug-likeness (QED) is 0.787. The van der Waals surface area contributed by atoms with Crippen LogP contribution >= 0.6 is 0 Å². The average molecular weight is 222 g/mol. The fourth-order valence-corrected chi connectivity index (χ4v) is 1.40. The molecule has 0 heterocycles. The molecular formula is C12H18N2O2. The Morgan fingerprint density at radius 3 is 2.75 bits per heavy atom. The Kier molecular flexibility index (Phi) is 4.31. The van der Waals surface area contributed by atoms with Crippen LogP contribution in [0.2, 0.25) is 0 Å². The minimum Gasteiger partial charge on any atom is -0.493 e. The summed E-state index contributed by atoms with van der Waals surface area (Å²) >= 11 is 0. The van der Waals surface area contributed by atoms with E-state index in [1.807, 2.05) is 32.0 Å². The summed E-state index contributed by atoms with van der Waals surface area (Å²) in [6, 6.07) is 5.75. The van der Waals surface area contributed by atoms with Gasteiger partial charge in [-0.15, -0.1) is 0 Å². The fourth-order valence-electron chi connectivity index (χ4n) is 1.40. The van der Waals surface area contributed by atoms with Gasteiger partial charge in [0.25, 0.3) is 0 Å². The SMILES string of the molecule is Cc1ccc([C@@H](C)N)c(OCCC(N)=O)c1. The first-order valence-electron chi connectivity index (χ1n) is 5.28. The van der Waals surface area contributed by atoms with Crippen molar-refractivity contribution in [1.82, 2.24) is 0 Å². The van der Waals surface area contributed by atoms with Gasteiger partial charge < -0.3 is 16.2 Å². The van der Waals surface area contributed by atoms with E-state index in [0.717, 1.165) is 16.9 Å². The summed E-state index contributed by atoms with van der Waals surface area (Å²) < 4.78 is 5.51. The zero-order chi connectivity index (χ0) is 12.1. The summed E-state index contributed by atoms with van der Waals surface area (Å²) in [6.45, 7) is 4.16. The van der Waals surface area contributed by atoms with Crippen LogP contribution < -0.4 is 16.2 Å². The first kappa shape index (κ1) is 12.5. The van der Waals surface area contributed by atoms with E-state index in [1.165, 1.54) is 0 Å². The van der Waals surface area contributed by atoms with E-state index >= 15 is 0 Å². The first-order chi connectivity index (χ1) is 7.50. The summed E-state index contributed by atoms with van der Waals surface area (Å²) in [5.74, 6) is 0.367. The number of hydrogen-bond donors (Lipinski definition) is 2. The molecule has 4 nitrogen and oxygen atoms in total. The van der Waals surface area contributed by atoms with Gasteiger partial charge in [0.2, 0.25) is 5.91 Å². The van der Waals surface area contributed by atoms with Crippen molar-refractivity contribution in [3.63, 3.8) is 0 Å². The molecule has 88 valence electrons. The fraction of sp³-hybridized carbons (Fsp3) is 0.417. The molecule has 1 amide bonds. The van der Waals surface area contributed by atoms with Crippen LogP contribution in [-0.4, -0.2) is 12.5 Å². The maximum absolute atomic E-state index is 10.6. The first-order valence-corrected chi connectivity index (χ1v) is 5.28. The monoisotopic (exact) mass is 222 g/mol. The van der Waals surface area contributed by atoms with Crippen molar-refractivity contribution in [3.8, 4) is 5.75 Å². The second kappa shape index (κ2) is 5.51. The molecule has 0 spiro atoms. The number of nitrogens with two attached hydrogens (primary N) is 2. The standard InChI is InChI=1S/C12H18N2O2/c1-8-3-4-10(9(2)13)11(7-8)16-6-5-12(14)15/h3-4,7,9H,5-6,13H2,1-2H3,(H2,14,15)/t9-/m1/s1. The lowest BCUT2D eigenvalue weighted by Gasteiger charge is -2.14. The minimum atomic E-state index is -0.366. The van der Waals surface area contributed by atoms with Crippen LogP contribution in [0.15, 0.2) is 18.2 Å². The van der Waals surface area contributed by atoms with Crippen LogP contribution in [0.25, 0.3) is 0 Å². The van der Waals surface area contributed by atoms with Crippen LogP contribution in [-0.2, 0) is 4.79 Å². The molecule has 1 atom stereocenters. The van der Waals surface area contributed by atoms with E-state index in [2.05, 4.69) is 0 Å². The zero-order valence-corrected chi connectivity index (χ0v) is 9.69. The Hall–Kier alpha value is -1.55. The molecule has 0 aliphatic carbocycles. The van der Waals surface area contributed by atoms with Crippen molar-refractivity contribution in [2.24, 2.45) is 11.5 Å². The molecular weight excluding hydrogens is 204 g/mol. The number of amides is 1. The summed E-state index contributed by atoms with van der Waals surface area (Å²) in [5, 5.41) is 0. The van der Waals surface area contributed by atoms with Gasteiger partial charge in [-0.25, -0.2) is 0 Å². The molecule has 4 heteroatoms. The van der Waals surface area contributed by atoms with Gasteiger partial charge in [-0.05, 0) is 25.5 Å². The molecule has 0 aliphatic heterocycles. The molecule has 0 radical (unpaired) electrons. The van der Waals surface area contributed by atoms with Gasteiger partial charge in [0.15, 0.2) is 0 Å². The Bertz CT molecular complexity index is 375. The molecule has 1 aromatic rings. The van der Waals surface area contributed by atoms with Gasteiger partial charge in [0.1, 0.15) is 5.75 Å². The lowest BCUT2D eigenvalue weighted by Crippen LogP contribution is -2.15. The van der Waals surface area contributed by atoms with Crippen molar-refractivity contribution >= 4 is 5.91 Å². The smallest absolute Gasteiger partial charge is 0.220 e. The van der Waals surface area contributed by atoms with E-state index in [4.69, 9.17) is 16.2 Å². The van der Waals surface area contributed by atoms with Gasteiger partial charge in [-0.1, -0.05) is 12.1 Å². The predicted octanol–water partition coefficient (Wildman–Crippen LogP) is 1.27. The highest BCUT2D eigenvalue weighted by Crippen LogP contribution is 2.25. The highest BCUT2D eigenvalue weighted by molar-refractivity contribution is 5.73. The molecule has 0 aromatic heterocycles. The van der Waals surface area contributed by atoms with E-state index in [1.54, 1.807) is 0 Å². The number of carbonyl (C=O) groups is 1. The molecule has 1 aromatic carbocycles. The van der Waals surface area contributed by atoms with E-state index in [-0.39, 0.29) is 18.4 Å². The number of rotatable bonds is 5. The predicted molar refractivity (Wildman–Crippen MR) is 63.1 cm³/mol.